The normalized spacial score (nSPS) is 12.8. The Morgan fingerprint density at radius 3 is 2.67 bits per heavy atom. The van der Waals surface area contributed by atoms with Gasteiger partial charge in [0.25, 0.3) is 0 Å². The highest BCUT2D eigenvalue weighted by molar-refractivity contribution is 9.09. The first-order chi connectivity index (χ1) is 8.85. The lowest BCUT2D eigenvalue weighted by molar-refractivity contribution is 0.489. The summed E-state index contributed by atoms with van der Waals surface area (Å²) in [6.07, 6.45) is 2.36. The van der Waals surface area contributed by atoms with E-state index in [-0.39, 0.29) is 0 Å². The first-order valence-electron chi connectivity index (χ1n) is 6.61. The number of fused-ring (bicyclic) bond motifs is 1. The van der Waals surface area contributed by atoms with Crippen LogP contribution in [-0.4, -0.2) is 11.4 Å². The fraction of sp³-hybridized carbons (Fsp3) is 0.375. The average Bonchev–Trinajstić information content (AvgIpc) is 2.43. The van der Waals surface area contributed by atoms with Gasteiger partial charge in [-0.1, -0.05) is 65.3 Å². The predicted molar refractivity (Wildman–Crippen MR) is 83.3 cm³/mol. The lowest BCUT2D eigenvalue weighted by Gasteiger charge is -2.16. The van der Waals surface area contributed by atoms with Crippen LogP contribution in [0.1, 0.15) is 25.3 Å². The molecule has 2 aromatic rings. The van der Waals surface area contributed by atoms with E-state index >= 15 is 0 Å². The summed E-state index contributed by atoms with van der Waals surface area (Å²) in [5.41, 5.74) is 1.39. The highest BCUT2D eigenvalue weighted by Gasteiger charge is 2.06. The van der Waals surface area contributed by atoms with Crippen LogP contribution in [0.2, 0.25) is 0 Å². The smallest absolute Gasteiger partial charge is 0.0214 e. The summed E-state index contributed by atoms with van der Waals surface area (Å²) in [5, 5.41) is 7.40. The van der Waals surface area contributed by atoms with E-state index in [4.69, 9.17) is 0 Å². The molecule has 0 bridgehead atoms. The number of nitrogens with one attached hydrogen (secondary N) is 1. The van der Waals surface area contributed by atoms with Crippen molar-refractivity contribution in [3.05, 3.63) is 48.0 Å². The molecule has 96 valence electrons. The molecule has 2 heteroatoms. The topological polar surface area (TPSA) is 12.0 Å². The molecule has 2 rings (SSSR count). The highest BCUT2D eigenvalue weighted by atomic mass is 79.9. The molecule has 0 fully saturated rings. The fourth-order valence-corrected chi connectivity index (χ4v) is 2.84. The molecule has 1 atom stereocenters. The maximum Gasteiger partial charge on any atom is 0.0214 e. The van der Waals surface area contributed by atoms with Gasteiger partial charge in [-0.25, -0.2) is 0 Å². The van der Waals surface area contributed by atoms with Crippen LogP contribution in [0.25, 0.3) is 10.8 Å². The first-order valence-corrected chi connectivity index (χ1v) is 7.73. The van der Waals surface area contributed by atoms with Crippen LogP contribution in [0.5, 0.6) is 0 Å². The van der Waals surface area contributed by atoms with Crippen LogP contribution in [0.4, 0.5) is 0 Å². The second kappa shape index (κ2) is 6.91. The van der Waals surface area contributed by atoms with Gasteiger partial charge in [-0.15, -0.1) is 0 Å². The van der Waals surface area contributed by atoms with Crippen molar-refractivity contribution in [1.82, 2.24) is 5.32 Å². The van der Waals surface area contributed by atoms with E-state index in [0.29, 0.717) is 6.04 Å². The van der Waals surface area contributed by atoms with Crippen molar-refractivity contribution < 1.29 is 0 Å². The third-order valence-electron chi connectivity index (χ3n) is 3.41. The van der Waals surface area contributed by atoms with Gasteiger partial charge in [-0.05, 0) is 29.2 Å². The quantitative estimate of drug-likeness (QED) is 0.775. The summed E-state index contributed by atoms with van der Waals surface area (Å²) in [6.45, 7) is 3.19. The van der Waals surface area contributed by atoms with Crippen molar-refractivity contribution in [2.24, 2.45) is 0 Å². The van der Waals surface area contributed by atoms with Crippen LogP contribution < -0.4 is 5.32 Å². The molecule has 0 saturated carbocycles. The van der Waals surface area contributed by atoms with E-state index in [0.717, 1.165) is 11.9 Å². The Kier molecular flexibility index (Phi) is 5.21. The molecule has 18 heavy (non-hydrogen) atoms. The highest BCUT2D eigenvalue weighted by Crippen LogP contribution is 2.18. The van der Waals surface area contributed by atoms with E-state index in [9.17, 15) is 0 Å². The Morgan fingerprint density at radius 2 is 1.89 bits per heavy atom. The summed E-state index contributed by atoms with van der Waals surface area (Å²) in [6, 6.07) is 15.7. The van der Waals surface area contributed by atoms with Crippen LogP contribution in [0, 0.1) is 0 Å². The molecule has 1 N–H and O–H groups in total. The van der Waals surface area contributed by atoms with Crippen molar-refractivity contribution in [3.63, 3.8) is 0 Å². The summed E-state index contributed by atoms with van der Waals surface area (Å²) in [7, 11) is 0. The minimum absolute atomic E-state index is 0.600. The molecule has 1 nitrogen and oxygen atoms in total. The minimum Gasteiger partial charge on any atom is -0.310 e. The maximum atomic E-state index is 3.65. The molecule has 0 amide bonds. The van der Waals surface area contributed by atoms with Gasteiger partial charge in [0.2, 0.25) is 0 Å². The van der Waals surface area contributed by atoms with Gasteiger partial charge in [-0.3, -0.25) is 0 Å². The molecule has 0 aliphatic heterocycles. The molecule has 0 radical (unpaired) electrons. The minimum atomic E-state index is 0.600. The zero-order chi connectivity index (χ0) is 12.8. The molecule has 0 aromatic heterocycles. The number of rotatable bonds is 6. The van der Waals surface area contributed by atoms with E-state index in [1.165, 1.54) is 29.2 Å². The molecular formula is C16H20BrN. The summed E-state index contributed by atoms with van der Waals surface area (Å²) in [5.74, 6) is 0. The number of alkyl halides is 1. The van der Waals surface area contributed by atoms with E-state index in [1.54, 1.807) is 0 Å². The second-order valence-corrected chi connectivity index (χ2v) is 5.40. The Labute approximate surface area is 118 Å². The Bertz CT molecular complexity index is 490. The van der Waals surface area contributed by atoms with Gasteiger partial charge in [0.15, 0.2) is 0 Å². The molecule has 1 unspecified atom stereocenters. The third kappa shape index (κ3) is 3.33. The largest absolute Gasteiger partial charge is 0.310 e. The van der Waals surface area contributed by atoms with Crippen molar-refractivity contribution in [2.75, 3.05) is 5.33 Å². The van der Waals surface area contributed by atoms with Gasteiger partial charge in [0.05, 0.1) is 0 Å². The zero-order valence-electron chi connectivity index (χ0n) is 10.8. The molecule has 0 heterocycles. The van der Waals surface area contributed by atoms with Gasteiger partial charge in [0, 0.05) is 17.9 Å². The number of hydrogen-bond acceptors (Lipinski definition) is 1. The average molecular weight is 306 g/mol. The van der Waals surface area contributed by atoms with Crippen molar-refractivity contribution >= 4 is 26.7 Å². The molecule has 2 aromatic carbocycles. The third-order valence-corrected chi connectivity index (χ3v) is 3.87. The van der Waals surface area contributed by atoms with E-state index in [1.807, 2.05) is 0 Å². The van der Waals surface area contributed by atoms with Crippen molar-refractivity contribution in [3.8, 4) is 0 Å². The van der Waals surface area contributed by atoms with Crippen molar-refractivity contribution in [1.29, 1.82) is 0 Å². The summed E-state index contributed by atoms with van der Waals surface area (Å²) < 4.78 is 0. The molecule has 0 saturated heterocycles. The van der Waals surface area contributed by atoms with Gasteiger partial charge in [-0.2, -0.15) is 0 Å². The Hall–Kier alpha value is -0.860. The number of halogens is 1. The maximum absolute atomic E-state index is 3.65. The lowest BCUT2D eigenvalue weighted by atomic mass is 10.0. The zero-order valence-corrected chi connectivity index (χ0v) is 12.4. The van der Waals surface area contributed by atoms with Crippen LogP contribution in [0.15, 0.2) is 42.5 Å². The summed E-state index contributed by atoms with van der Waals surface area (Å²) in [4.78, 5) is 0. The van der Waals surface area contributed by atoms with Crippen LogP contribution in [-0.2, 0) is 6.54 Å². The Balaban J connectivity index is 2.11. The molecule has 0 aliphatic rings. The van der Waals surface area contributed by atoms with Gasteiger partial charge < -0.3 is 5.32 Å². The molecule has 0 spiro atoms. The van der Waals surface area contributed by atoms with Gasteiger partial charge >= 0.3 is 0 Å². The van der Waals surface area contributed by atoms with Crippen LogP contribution in [0.3, 0.4) is 0 Å². The van der Waals surface area contributed by atoms with E-state index in [2.05, 4.69) is 70.6 Å². The lowest BCUT2D eigenvalue weighted by Crippen LogP contribution is -2.28. The SMILES string of the molecule is CCC(CCBr)NCc1cccc2ccccc12. The fourth-order valence-electron chi connectivity index (χ4n) is 2.28. The van der Waals surface area contributed by atoms with Gasteiger partial charge in [0.1, 0.15) is 0 Å². The second-order valence-electron chi connectivity index (χ2n) is 4.60. The monoisotopic (exact) mass is 305 g/mol. The predicted octanol–water partition coefficient (Wildman–Crippen LogP) is 4.49. The first kappa shape index (κ1) is 13.6. The van der Waals surface area contributed by atoms with Crippen molar-refractivity contribution in [2.45, 2.75) is 32.4 Å². The van der Waals surface area contributed by atoms with Crippen LogP contribution >= 0.6 is 15.9 Å². The molecular weight excluding hydrogens is 286 g/mol. The number of hydrogen-bond donors (Lipinski definition) is 1. The molecule has 0 aliphatic carbocycles. The Morgan fingerprint density at radius 1 is 1.11 bits per heavy atom. The number of benzene rings is 2. The van der Waals surface area contributed by atoms with E-state index < -0.39 is 0 Å². The summed E-state index contributed by atoms with van der Waals surface area (Å²) >= 11 is 3.52. The standard InChI is InChI=1S/C16H20BrN/c1-2-15(10-11-17)18-12-14-8-5-7-13-6-3-4-9-16(13)14/h3-9,15,18H,2,10-12H2,1H3.